The van der Waals surface area contributed by atoms with Crippen molar-refractivity contribution in [1.29, 1.82) is 0 Å². The fraction of sp³-hybridized carbons (Fsp3) is 0.118. The number of halogens is 8. The predicted molar refractivity (Wildman–Crippen MR) is 92.2 cm³/mol. The standard InChI is InChI=1S/C17H8ClF7N2OS/c18-16-27-6-8(29-16)5-26-12-2-1-9(19)13(22)15(12)28-14-10(20)3-7(4-11(14)21)17(23,24)25/h1-4,6,26H,5H2. The van der Waals surface area contributed by atoms with E-state index < -0.39 is 46.5 Å². The summed E-state index contributed by atoms with van der Waals surface area (Å²) in [5, 5.41) is 2.66. The number of alkyl halides is 3. The first-order valence-corrected chi connectivity index (χ1v) is 8.82. The lowest BCUT2D eigenvalue weighted by Crippen LogP contribution is -2.08. The van der Waals surface area contributed by atoms with Gasteiger partial charge in [-0.2, -0.15) is 17.6 Å². The van der Waals surface area contributed by atoms with E-state index in [0.717, 1.165) is 23.5 Å². The summed E-state index contributed by atoms with van der Waals surface area (Å²) in [6.45, 7) is 0.0315. The van der Waals surface area contributed by atoms with Crippen LogP contribution in [-0.2, 0) is 12.7 Å². The van der Waals surface area contributed by atoms with Gasteiger partial charge in [0.15, 0.2) is 33.4 Å². The van der Waals surface area contributed by atoms with Crippen LogP contribution in [0.3, 0.4) is 0 Å². The van der Waals surface area contributed by atoms with Crippen LogP contribution in [0.5, 0.6) is 11.5 Å². The minimum Gasteiger partial charge on any atom is -0.446 e. The Morgan fingerprint density at radius 1 is 1.00 bits per heavy atom. The molecular weight excluding hydrogens is 449 g/mol. The Morgan fingerprint density at radius 2 is 1.66 bits per heavy atom. The molecule has 3 nitrogen and oxygen atoms in total. The van der Waals surface area contributed by atoms with Crippen LogP contribution in [-0.4, -0.2) is 4.98 Å². The molecule has 0 fully saturated rings. The van der Waals surface area contributed by atoms with Crippen LogP contribution in [0, 0.1) is 23.3 Å². The Labute approximate surface area is 167 Å². The summed E-state index contributed by atoms with van der Waals surface area (Å²) >= 11 is 6.78. The van der Waals surface area contributed by atoms with Crippen LogP contribution < -0.4 is 10.1 Å². The van der Waals surface area contributed by atoms with Gasteiger partial charge in [-0.1, -0.05) is 11.6 Å². The summed E-state index contributed by atoms with van der Waals surface area (Å²) in [6.07, 6.45) is -3.59. The average molecular weight is 457 g/mol. The van der Waals surface area contributed by atoms with Crippen molar-refractivity contribution >= 4 is 28.6 Å². The van der Waals surface area contributed by atoms with Crippen molar-refractivity contribution in [3.8, 4) is 11.5 Å². The van der Waals surface area contributed by atoms with Crippen molar-refractivity contribution in [2.24, 2.45) is 0 Å². The Hall–Kier alpha value is -2.53. The van der Waals surface area contributed by atoms with Crippen LogP contribution >= 0.6 is 22.9 Å². The second-order valence-corrected chi connectivity index (χ2v) is 7.24. The van der Waals surface area contributed by atoms with Crippen LogP contribution in [0.25, 0.3) is 0 Å². The largest absolute Gasteiger partial charge is 0.446 e. The van der Waals surface area contributed by atoms with Gasteiger partial charge in [0.2, 0.25) is 5.82 Å². The number of nitrogens with one attached hydrogen (secondary N) is 1. The second-order valence-electron chi connectivity index (χ2n) is 5.54. The van der Waals surface area contributed by atoms with Gasteiger partial charge in [0.25, 0.3) is 0 Å². The summed E-state index contributed by atoms with van der Waals surface area (Å²) < 4.78 is 98.8. The lowest BCUT2D eigenvalue weighted by Gasteiger charge is -2.16. The van der Waals surface area contributed by atoms with Crippen molar-refractivity contribution < 1.29 is 35.5 Å². The van der Waals surface area contributed by atoms with Gasteiger partial charge >= 0.3 is 6.18 Å². The molecule has 3 rings (SSSR count). The Kier molecular flexibility index (Phi) is 5.90. The molecule has 0 bridgehead atoms. The summed E-state index contributed by atoms with van der Waals surface area (Å²) in [4.78, 5) is 4.38. The third-order valence-electron chi connectivity index (χ3n) is 3.56. The number of hydrogen-bond acceptors (Lipinski definition) is 4. The van der Waals surface area contributed by atoms with E-state index in [1.807, 2.05) is 0 Å². The molecule has 1 N–H and O–H groups in total. The highest BCUT2D eigenvalue weighted by molar-refractivity contribution is 7.15. The van der Waals surface area contributed by atoms with Gasteiger partial charge in [-0.15, -0.1) is 11.3 Å². The third kappa shape index (κ3) is 4.73. The first-order valence-electron chi connectivity index (χ1n) is 7.62. The zero-order chi connectivity index (χ0) is 21.3. The van der Waals surface area contributed by atoms with Gasteiger partial charge in [-0.25, -0.2) is 18.2 Å². The highest BCUT2D eigenvalue weighted by Crippen LogP contribution is 2.39. The molecule has 1 heterocycles. The van der Waals surface area contributed by atoms with Gasteiger partial charge in [0, 0.05) is 11.1 Å². The van der Waals surface area contributed by atoms with E-state index in [2.05, 4.69) is 10.3 Å². The zero-order valence-corrected chi connectivity index (χ0v) is 15.5. The molecule has 2 aromatic carbocycles. The quantitative estimate of drug-likeness (QED) is 0.430. The molecule has 29 heavy (non-hydrogen) atoms. The van der Waals surface area contributed by atoms with Crippen molar-refractivity contribution in [2.45, 2.75) is 12.7 Å². The topological polar surface area (TPSA) is 34.2 Å². The van der Waals surface area contributed by atoms with Crippen LogP contribution in [0.1, 0.15) is 10.4 Å². The predicted octanol–water partition coefficient (Wildman–Crippen LogP) is 6.78. The van der Waals surface area contributed by atoms with Gasteiger partial charge in [-0.3, -0.25) is 0 Å². The van der Waals surface area contributed by atoms with E-state index in [4.69, 9.17) is 16.3 Å². The molecule has 0 radical (unpaired) electrons. The van der Waals surface area contributed by atoms with E-state index in [1.165, 1.54) is 6.20 Å². The van der Waals surface area contributed by atoms with E-state index in [1.54, 1.807) is 0 Å². The number of aromatic nitrogens is 1. The lowest BCUT2D eigenvalue weighted by atomic mass is 10.2. The minimum atomic E-state index is -5.01. The fourth-order valence-corrected chi connectivity index (χ4v) is 3.16. The van der Waals surface area contributed by atoms with E-state index in [9.17, 15) is 30.7 Å². The Bertz CT molecular complexity index is 1030. The summed E-state index contributed by atoms with van der Waals surface area (Å²) in [7, 11) is 0. The SMILES string of the molecule is Fc1ccc(NCc2cnc(Cl)s2)c(Oc2c(F)cc(C(F)(F)F)cc2F)c1F. The van der Waals surface area contributed by atoms with Crippen molar-refractivity contribution in [3.63, 3.8) is 0 Å². The monoisotopic (exact) mass is 456 g/mol. The Morgan fingerprint density at radius 3 is 2.21 bits per heavy atom. The molecule has 0 aliphatic heterocycles. The lowest BCUT2D eigenvalue weighted by molar-refractivity contribution is -0.138. The molecule has 0 spiro atoms. The van der Waals surface area contributed by atoms with Crippen molar-refractivity contribution in [1.82, 2.24) is 4.98 Å². The van der Waals surface area contributed by atoms with Crippen molar-refractivity contribution in [3.05, 3.63) is 68.6 Å². The molecule has 0 unspecified atom stereocenters. The second kappa shape index (κ2) is 8.07. The van der Waals surface area contributed by atoms with E-state index in [0.29, 0.717) is 4.88 Å². The summed E-state index contributed by atoms with van der Waals surface area (Å²) in [5.74, 6) is -8.69. The fourth-order valence-electron chi connectivity index (χ4n) is 2.24. The van der Waals surface area contributed by atoms with Crippen molar-refractivity contribution in [2.75, 3.05) is 5.32 Å². The molecule has 12 heteroatoms. The van der Waals surface area contributed by atoms with Gasteiger partial charge in [0.05, 0.1) is 17.8 Å². The molecule has 3 aromatic rings. The first kappa shape index (κ1) is 21.2. The smallest absolute Gasteiger partial charge is 0.416 e. The van der Waals surface area contributed by atoms with Gasteiger partial charge in [-0.05, 0) is 24.3 Å². The van der Waals surface area contributed by atoms with Crippen LogP contribution in [0.4, 0.5) is 36.4 Å². The number of hydrogen-bond donors (Lipinski definition) is 1. The number of nitrogens with zero attached hydrogens (tertiary/aromatic N) is 1. The molecule has 0 saturated carbocycles. The maximum absolute atomic E-state index is 14.2. The molecule has 0 atom stereocenters. The maximum Gasteiger partial charge on any atom is 0.416 e. The molecule has 154 valence electrons. The van der Waals surface area contributed by atoms with Gasteiger partial charge in [0.1, 0.15) is 0 Å². The minimum absolute atomic E-state index is 0.0119. The summed E-state index contributed by atoms with van der Waals surface area (Å²) in [5.41, 5.74) is -1.80. The number of thiazole rings is 1. The average Bonchev–Trinajstić information content (AvgIpc) is 3.05. The summed E-state index contributed by atoms with van der Waals surface area (Å²) in [6, 6.07) is 1.75. The maximum atomic E-state index is 14.2. The third-order valence-corrected chi connectivity index (χ3v) is 4.67. The van der Waals surface area contributed by atoms with Crippen LogP contribution in [0.2, 0.25) is 4.47 Å². The molecule has 0 aliphatic carbocycles. The number of ether oxygens (including phenoxy) is 1. The number of benzene rings is 2. The highest BCUT2D eigenvalue weighted by Gasteiger charge is 2.33. The highest BCUT2D eigenvalue weighted by atomic mass is 35.5. The van der Waals surface area contributed by atoms with E-state index in [-0.39, 0.29) is 28.8 Å². The molecule has 0 amide bonds. The normalized spacial score (nSPS) is 11.6. The number of rotatable bonds is 5. The zero-order valence-electron chi connectivity index (χ0n) is 13.9. The first-order chi connectivity index (χ1) is 13.6. The molecule has 1 aromatic heterocycles. The van der Waals surface area contributed by atoms with Gasteiger partial charge < -0.3 is 10.1 Å². The molecule has 0 aliphatic rings. The molecular formula is C17H8ClF7N2OS. The number of anilines is 1. The molecule has 0 saturated heterocycles. The Balaban J connectivity index is 1.95. The van der Waals surface area contributed by atoms with E-state index >= 15 is 0 Å². The van der Waals surface area contributed by atoms with Crippen LogP contribution in [0.15, 0.2) is 30.5 Å².